The van der Waals surface area contributed by atoms with Gasteiger partial charge in [0.1, 0.15) is 12.4 Å². The lowest BCUT2D eigenvalue weighted by molar-refractivity contribution is -0.139. The zero-order valence-corrected chi connectivity index (χ0v) is 19.2. The molecule has 1 aliphatic rings. The van der Waals surface area contributed by atoms with Gasteiger partial charge in [0, 0.05) is 25.7 Å². The van der Waals surface area contributed by atoms with E-state index in [0.717, 1.165) is 32.0 Å². The molecule has 11 heteroatoms. The predicted molar refractivity (Wildman–Crippen MR) is 120 cm³/mol. The first-order valence-electron chi connectivity index (χ1n) is 9.64. The molecule has 4 N–H and O–H groups in total. The number of aliphatic imine (C=N–C) groups is 1. The Kier molecular flexibility index (Phi) is 11.2. The van der Waals surface area contributed by atoms with Crippen LogP contribution in [-0.4, -0.2) is 62.1 Å². The SMILES string of the molecule is CCNC(=NCCOc1ccccc1C(F)(F)F)NC1CCN(CC(N)=O)CC1.I. The third kappa shape index (κ3) is 8.94. The molecule has 1 aromatic rings. The van der Waals surface area contributed by atoms with Gasteiger partial charge in [-0.15, -0.1) is 24.0 Å². The van der Waals surface area contributed by atoms with E-state index in [0.29, 0.717) is 12.5 Å². The van der Waals surface area contributed by atoms with Crippen LogP contribution in [0.1, 0.15) is 25.3 Å². The molecule has 0 aliphatic carbocycles. The molecule has 1 aromatic carbocycles. The van der Waals surface area contributed by atoms with E-state index in [2.05, 4.69) is 15.6 Å². The standard InChI is InChI=1S/C19H28F3N5O2.HI/c1-2-24-18(26-14-7-10-27(11-8-14)13-17(23)28)25-9-12-29-16-6-4-3-5-15(16)19(20,21)22;/h3-6,14H,2,7-13H2,1H3,(H2,23,28)(H2,24,25,26);1H. The van der Waals surface area contributed by atoms with Crippen LogP contribution in [0.25, 0.3) is 0 Å². The molecule has 1 heterocycles. The van der Waals surface area contributed by atoms with Crippen LogP contribution in [-0.2, 0) is 11.0 Å². The number of guanidine groups is 1. The number of rotatable bonds is 8. The van der Waals surface area contributed by atoms with Crippen LogP contribution in [0.3, 0.4) is 0 Å². The lowest BCUT2D eigenvalue weighted by Gasteiger charge is -2.32. The number of halogens is 4. The summed E-state index contributed by atoms with van der Waals surface area (Å²) >= 11 is 0. The molecule has 0 atom stereocenters. The van der Waals surface area contributed by atoms with Gasteiger partial charge in [0.15, 0.2) is 5.96 Å². The summed E-state index contributed by atoms with van der Waals surface area (Å²) in [6.45, 7) is 4.61. The molecule has 1 amide bonds. The first kappa shape index (κ1) is 26.3. The van der Waals surface area contributed by atoms with Crippen molar-refractivity contribution in [1.29, 1.82) is 0 Å². The fourth-order valence-electron chi connectivity index (χ4n) is 3.11. The smallest absolute Gasteiger partial charge is 0.419 e. The molecule has 0 radical (unpaired) electrons. The van der Waals surface area contributed by atoms with Gasteiger partial charge in [-0.25, -0.2) is 4.99 Å². The number of carbonyl (C=O) groups is 1. The zero-order chi connectivity index (χ0) is 21.3. The van der Waals surface area contributed by atoms with E-state index >= 15 is 0 Å². The van der Waals surface area contributed by atoms with Crippen molar-refractivity contribution in [2.24, 2.45) is 10.7 Å². The maximum atomic E-state index is 13.0. The Labute approximate surface area is 191 Å². The minimum atomic E-state index is -4.46. The van der Waals surface area contributed by atoms with Crippen molar-refractivity contribution in [2.45, 2.75) is 32.0 Å². The van der Waals surface area contributed by atoms with Crippen molar-refractivity contribution >= 4 is 35.8 Å². The zero-order valence-electron chi connectivity index (χ0n) is 16.9. The third-order valence-corrected chi connectivity index (χ3v) is 4.46. The first-order valence-corrected chi connectivity index (χ1v) is 9.64. The molecule has 1 saturated heterocycles. The summed E-state index contributed by atoms with van der Waals surface area (Å²) in [7, 11) is 0. The van der Waals surface area contributed by atoms with Crippen LogP contribution in [0.5, 0.6) is 5.75 Å². The predicted octanol–water partition coefficient (Wildman–Crippen LogP) is 2.21. The number of carbonyl (C=O) groups excluding carboxylic acids is 1. The fraction of sp³-hybridized carbons (Fsp3) is 0.579. The van der Waals surface area contributed by atoms with E-state index in [1.54, 1.807) is 0 Å². The molecule has 7 nitrogen and oxygen atoms in total. The number of piperidine rings is 1. The molecule has 30 heavy (non-hydrogen) atoms. The summed E-state index contributed by atoms with van der Waals surface area (Å²) < 4.78 is 44.3. The maximum absolute atomic E-state index is 13.0. The normalized spacial score (nSPS) is 15.9. The number of para-hydroxylation sites is 1. The van der Waals surface area contributed by atoms with Crippen molar-refractivity contribution in [1.82, 2.24) is 15.5 Å². The number of hydrogen-bond acceptors (Lipinski definition) is 4. The van der Waals surface area contributed by atoms with E-state index < -0.39 is 11.7 Å². The summed E-state index contributed by atoms with van der Waals surface area (Å²) in [5.74, 6) is 0.0574. The average molecular weight is 543 g/mol. The quantitative estimate of drug-likeness (QED) is 0.203. The number of benzene rings is 1. The van der Waals surface area contributed by atoms with Crippen molar-refractivity contribution in [2.75, 3.05) is 39.3 Å². The molecule has 0 unspecified atom stereocenters. The average Bonchev–Trinajstić information content (AvgIpc) is 2.66. The van der Waals surface area contributed by atoms with Crippen molar-refractivity contribution < 1.29 is 22.7 Å². The Balaban J connectivity index is 0.00000450. The molecule has 0 bridgehead atoms. The van der Waals surface area contributed by atoms with Gasteiger partial charge in [-0.1, -0.05) is 12.1 Å². The highest BCUT2D eigenvalue weighted by molar-refractivity contribution is 14.0. The van der Waals surface area contributed by atoms with Gasteiger partial charge in [-0.2, -0.15) is 13.2 Å². The topological polar surface area (TPSA) is 92.0 Å². The Morgan fingerprint density at radius 1 is 1.30 bits per heavy atom. The molecule has 1 aliphatic heterocycles. The van der Waals surface area contributed by atoms with E-state index in [-0.39, 0.29) is 61.4 Å². The van der Waals surface area contributed by atoms with Crippen molar-refractivity contribution in [3.05, 3.63) is 29.8 Å². The number of nitrogens with one attached hydrogen (secondary N) is 2. The highest BCUT2D eigenvalue weighted by Crippen LogP contribution is 2.35. The monoisotopic (exact) mass is 543 g/mol. The number of hydrogen-bond donors (Lipinski definition) is 3. The van der Waals surface area contributed by atoms with Crippen LogP contribution in [0.2, 0.25) is 0 Å². The third-order valence-electron chi connectivity index (χ3n) is 4.46. The summed E-state index contributed by atoms with van der Waals surface area (Å²) in [5.41, 5.74) is 4.43. The van der Waals surface area contributed by atoms with Gasteiger partial charge in [-0.3, -0.25) is 9.69 Å². The van der Waals surface area contributed by atoms with Gasteiger partial charge in [0.2, 0.25) is 5.91 Å². The summed E-state index contributed by atoms with van der Waals surface area (Å²) in [4.78, 5) is 17.4. The second-order valence-corrected chi connectivity index (χ2v) is 6.76. The summed E-state index contributed by atoms with van der Waals surface area (Å²) in [6, 6.07) is 5.33. The van der Waals surface area contributed by atoms with Gasteiger partial charge in [0.05, 0.1) is 18.7 Å². The van der Waals surface area contributed by atoms with Crippen LogP contribution >= 0.6 is 24.0 Å². The Hall–Kier alpha value is -1.76. The maximum Gasteiger partial charge on any atom is 0.419 e. The van der Waals surface area contributed by atoms with Crippen LogP contribution in [0.4, 0.5) is 13.2 Å². The second kappa shape index (κ2) is 12.8. The van der Waals surface area contributed by atoms with E-state index in [4.69, 9.17) is 10.5 Å². The molecule has 0 saturated carbocycles. The van der Waals surface area contributed by atoms with Crippen LogP contribution in [0.15, 0.2) is 29.3 Å². The Morgan fingerprint density at radius 2 is 1.97 bits per heavy atom. The highest BCUT2D eigenvalue weighted by atomic mass is 127. The summed E-state index contributed by atoms with van der Waals surface area (Å²) in [6.07, 6.45) is -2.78. The number of likely N-dealkylation sites (tertiary alicyclic amines) is 1. The van der Waals surface area contributed by atoms with Crippen molar-refractivity contribution in [3.8, 4) is 5.75 Å². The van der Waals surface area contributed by atoms with Crippen molar-refractivity contribution in [3.63, 3.8) is 0 Å². The molecular weight excluding hydrogens is 514 g/mol. The summed E-state index contributed by atoms with van der Waals surface area (Å²) in [5, 5.41) is 6.45. The minimum absolute atomic E-state index is 0. The first-order chi connectivity index (χ1) is 13.8. The van der Waals surface area contributed by atoms with E-state index in [1.165, 1.54) is 18.2 Å². The molecule has 170 valence electrons. The highest BCUT2D eigenvalue weighted by Gasteiger charge is 2.33. The second-order valence-electron chi connectivity index (χ2n) is 6.76. The Bertz CT molecular complexity index is 695. The van der Waals surface area contributed by atoms with Gasteiger partial charge >= 0.3 is 6.18 Å². The molecule has 0 spiro atoms. The number of ether oxygens (including phenoxy) is 1. The van der Waals surface area contributed by atoms with Gasteiger partial charge < -0.3 is 21.1 Å². The number of amides is 1. The largest absolute Gasteiger partial charge is 0.491 e. The number of alkyl halides is 3. The van der Waals surface area contributed by atoms with Gasteiger partial charge in [-0.05, 0) is 31.9 Å². The lowest BCUT2D eigenvalue weighted by Crippen LogP contribution is -2.49. The van der Waals surface area contributed by atoms with E-state index in [1.807, 2.05) is 11.8 Å². The molecule has 1 fully saturated rings. The van der Waals surface area contributed by atoms with E-state index in [9.17, 15) is 18.0 Å². The number of nitrogens with two attached hydrogens (primary N) is 1. The molecule has 0 aromatic heterocycles. The lowest BCUT2D eigenvalue weighted by atomic mass is 10.1. The molecular formula is C19H29F3IN5O2. The fourth-order valence-corrected chi connectivity index (χ4v) is 3.11. The van der Waals surface area contributed by atoms with Crippen LogP contribution in [0, 0.1) is 0 Å². The number of nitrogens with zero attached hydrogens (tertiary/aromatic N) is 2. The van der Waals surface area contributed by atoms with Gasteiger partial charge in [0.25, 0.3) is 0 Å². The van der Waals surface area contributed by atoms with Crippen LogP contribution < -0.4 is 21.1 Å². The number of primary amides is 1. The molecule has 2 rings (SSSR count). The Morgan fingerprint density at radius 3 is 2.57 bits per heavy atom. The minimum Gasteiger partial charge on any atom is -0.491 e.